The van der Waals surface area contributed by atoms with Crippen LogP contribution >= 0.6 is 11.8 Å². The lowest BCUT2D eigenvalue weighted by atomic mass is 10.1. The molecule has 8 heteroatoms. The molecule has 24 heavy (non-hydrogen) atoms. The number of aliphatic hydroxyl groups is 1. The molecule has 1 N–H and O–H groups in total. The van der Waals surface area contributed by atoms with Crippen LogP contribution in [0.1, 0.15) is 11.1 Å². The van der Waals surface area contributed by atoms with E-state index in [0.29, 0.717) is 16.9 Å². The molecule has 2 aromatic carbocycles. The second kappa shape index (κ2) is 7.24. The zero-order valence-electron chi connectivity index (χ0n) is 12.5. The van der Waals surface area contributed by atoms with Gasteiger partial charge in [-0.15, -0.1) is 10.2 Å². The number of nitro benzene ring substituents is 1. The molecule has 0 unspecified atom stereocenters. The highest BCUT2D eigenvalue weighted by Gasteiger charge is 2.11. The first-order valence-electron chi connectivity index (χ1n) is 7.05. The first-order valence-corrected chi connectivity index (χ1v) is 8.04. The van der Waals surface area contributed by atoms with Gasteiger partial charge < -0.3 is 9.52 Å². The second-order valence-electron chi connectivity index (χ2n) is 4.94. The van der Waals surface area contributed by atoms with Gasteiger partial charge in [0.15, 0.2) is 0 Å². The number of nitrogens with zero attached hydrogens (tertiary/aromatic N) is 3. The van der Waals surface area contributed by atoms with E-state index in [-0.39, 0.29) is 12.3 Å². The lowest BCUT2D eigenvalue weighted by Crippen LogP contribution is -1.89. The average Bonchev–Trinajstić information content (AvgIpc) is 3.09. The van der Waals surface area contributed by atoms with Crippen LogP contribution in [0.15, 0.2) is 58.2 Å². The third kappa shape index (κ3) is 3.79. The van der Waals surface area contributed by atoms with Crippen LogP contribution in [0.4, 0.5) is 5.69 Å². The molecular formula is C16H13N3O4S. The Hall–Kier alpha value is -2.71. The van der Waals surface area contributed by atoms with E-state index in [2.05, 4.69) is 10.2 Å². The van der Waals surface area contributed by atoms with Gasteiger partial charge in [0.25, 0.3) is 10.9 Å². The summed E-state index contributed by atoms with van der Waals surface area (Å²) in [6.07, 6.45) is 0. The molecule has 3 rings (SSSR count). The monoisotopic (exact) mass is 343 g/mol. The van der Waals surface area contributed by atoms with Crippen LogP contribution in [-0.4, -0.2) is 20.2 Å². The van der Waals surface area contributed by atoms with Gasteiger partial charge in [0.1, 0.15) is 0 Å². The molecular weight excluding hydrogens is 330 g/mol. The van der Waals surface area contributed by atoms with E-state index in [0.717, 1.165) is 16.7 Å². The zero-order chi connectivity index (χ0) is 16.9. The Morgan fingerprint density at radius 3 is 2.62 bits per heavy atom. The van der Waals surface area contributed by atoms with Crippen LogP contribution < -0.4 is 0 Å². The first kappa shape index (κ1) is 16.2. The Morgan fingerprint density at radius 1 is 1.12 bits per heavy atom. The summed E-state index contributed by atoms with van der Waals surface area (Å²) >= 11 is 1.31. The van der Waals surface area contributed by atoms with Crippen LogP contribution in [0.3, 0.4) is 0 Å². The number of aliphatic hydroxyl groups excluding tert-OH is 1. The van der Waals surface area contributed by atoms with E-state index >= 15 is 0 Å². The minimum Gasteiger partial charge on any atom is -0.411 e. The topological polar surface area (TPSA) is 102 Å². The lowest BCUT2D eigenvalue weighted by molar-refractivity contribution is -0.384. The van der Waals surface area contributed by atoms with Crippen molar-refractivity contribution in [3.63, 3.8) is 0 Å². The SMILES string of the molecule is O=[N+]([O-])c1cccc(CSc2nnc(-c3ccc(CO)cc3)o2)c1. The highest BCUT2D eigenvalue weighted by Crippen LogP contribution is 2.26. The summed E-state index contributed by atoms with van der Waals surface area (Å²) in [6, 6.07) is 13.6. The van der Waals surface area contributed by atoms with E-state index in [1.165, 1.54) is 23.9 Å². The van der Waals surface area contributed by atoms with Crippen molar-refractivity contribution in [3.8, 4) is 11.5 Å². The van der Waals surface area contributed by atoms with E-state index in [1.807, 2.05) is 6.07 Å². The van der Waals surface area contributed by atoms with Crippen molar-refractivity contribution in [2.24, 2.45) is 0 Å². The fourth-order valence-corrected chi connectivity index (χ4v) is 2.75. The minimum absolute atomic E-state index is 0.0194. The second-order valence-corrected chi connectivity index (χ2v) is 5.87. The van der Waals surface area contributed by atoms with Gasteiger partial charge in [0, 0.05) is 23.4 Å². The molecule has 0 fully saturated rings. The Kier molecular flexibility index (Phi) is 4.88. The van der Waals surface area contributed by atoms with Crippen molar-refractivity contribution in [2.75, 3.05) is 0 Å². The van der Waals surface area contributed by atoms with E-state index < -0.39 is 4.92 Å². The summed E-state index contributed by atoms with van der Waals surface area (Å²) < 4.78 is 5.59. The standard InChI is InChI=1S/C16H13N3O4S/c20-9-11-4-6-13(7-5-11)15-17-18-16(23-15)24-10-12-2-1-3-14(8-12)19(21)22/h1-8,20H,9-10H2. The highest BCUT2D eigenvalue weighted by molar-refractivity contribution is 7.98. The molecule has 0 radical (unpaired) electrons. The lowest BCUT2D eigenvalue weighted by Gasteiger charge is -1.99. The van der Waals surface area contributed by atoms with Crippen molar-refractivity contribution in [2.45, 2.75) is 17.6 Å². The largest absolute Gasteiger partial charge is 0.411 e. The van der Waals surface area contributed by atoms with Gasteiger partial charge in [0.05, 0.1) is 11.5 Å². The normalized spacial score (nSPS) is 10.7. The Balaban J connectivity index is 1.67. The number of non-ortho nitro benzene ring substituents is 1. The maximum absolute atomic E-state index is 10.8. The third-order valence-corrected chi connectivity index (χ3v) is 4.16. The molecule has 0 bridgehead atoms. The number of rotatable bonds is 6. The zero-order valence-corrected chi connectivity index (χ0v) is 13.3. The smallest absolute Gasteiger partial charge is 0.277 e. The molecule has 1 aromatic heterocycles. The van der Waals surface area contributed by atoms with E-state index in [4.69, 9.17) is 9.52 Å². The first-order chi connectivity index (χ1) is 11.7. The number of hydrogen-bond acceptors (Lipinski definition) is 7. The van der Waals surface area contributed by atoms with Crippen LogP contribution in [-0.2, 0) is 12.4 Å². The van der Waals surface area contributed by atoms with Crippen molar-refractivity contribution in [1.29, 1.82) is 0 Å². The Labute approximate surface area is 141 Å². The molecule has 0 saturated carbocycles. The molecule has 0 aliphatic carbocycles. The summed E-state index contributed by atoms with van der Waals surface area (Å²) in [5.74, 6) is 0.883. The minimum atomic E-state index is -0.422. The Morgan fingerprint density at radius 2 is 1.92 bits per heavy atom. The van der Waals surface area contributed by atoms with Gasteiger partial charge in [-0.05, 0) is 23.3 Å². The summed E-state index contributed by atoms with van der Waals surface area (Å²) in [4.78, 5) is 10.4. The fraction of sp³-hybridized carbons (Fsp3) is 0.125. The molecule has 0 saturated heterocycles. The van der Waals surface area contributed by atoms with Gasteiger partial charge in [-0.25, -0.2) is 0 Å². The van der Waals surface area contributed by atoms with Crippen molar-refractivity contribution >= 4 is 17.4 Å². The number of nitro groups is 1. The summed E-state index contributed by atoms with van der Waals surface area (Å²) in [6.45, 7) is -0.0194. The fourth-order valence-electron chi connectivity index (χ4n) is 2.04. The molecule has 0 aliphatic heterocycles. The average molecular weight is 343 g/mol. The van der Waals surface area contributed by atoms with Gasteiger partial charge in [0.2, 0.25) is 5.89 Å². The van der Waals surface area contributed by atoms with Gasteiger partial charge in [-0.3, -0.25) is 10.1 Å². The molecule has 0 amide bonds. The van der Waals surface area contributed by atoms with E-state index in [1.54, 1.807) is 30.3 Å². The number of hydrogen-bond donors (Lipinski definition) is 1. The van der Waals surface area contributed by atoms with Crippen molar-refractivity contribution < 1.29 is 14.4 Å². The maximum Gasteiger partial charge on any atom is 0.277 e. The predicted octanol–water partition coefficient (Wildman–Crippen LogP) is 3.43. The van der Waals surface area contributed by atoms with Gasteiger partial charge in [-0.1, -0.05) is 36.0 Å². The van der Waals surface area contributed by atoms with Crippen molar-refractivity contribution in [1.82, 2.24) is 10.2 Å². The number of thioether (sulfide) groups is 1. The summed E-state index contributed by atoms with van der Waals surface area (Å²) in [5, 5.41) is 28.2. The van der Waals surface area contributed by atoms with Gasteiger partial charge >= 0.3 is 0 Å². The summed E-state index contributed by atoms with van der Waals surface area (Å²) in [5.41, 5.74) is 2.44. The maximum atomic E-state index is 10.8. The van der Waals surface area contributed by atoms with Crippen LogP contribution in [0, 0.1) is 10.1 Å². The molecule has 0 spiro atoms. The van der Waals surface area contributed by atoms with Crippen molar-refractivity contribution in [3.05, 3.63) is 69.8 Å². The van der Waals surface area contributed by atoms with Crippen LogP contribution in [0.5, 0.6) is 0 Å². The number of benzene rings is 2. The quantitative estimate of drug-likeness (QED) is 0.415. The number of aromatic nitrogens is 2. The van der Waals surface area contributed by atoms with E-state index in [9.17, 15) is 10.1 Å². The molecule has 0 aliphatic rings. The molecule has 122 valence electrons. The molecule has 1 heterocycles. The Bertz CT molecular complexity index is 849. The molecule has 7 nitrogen and oxygen atoms in total. The predicted molar refractivity (Wildman–Crippen MR) is 88.3 cm³/mol. The molecule has 3 aromatic rings. The van der Waals surface area contributed by atoms with Crippen LogP contribution in [0.25, 0.3) is 11.5 Å². The van der Waals surface area contributed by atoms with Gasteiger partial charge in [-0.2, -0.15) is 0 Å². The third-order valence-electron chi connectivity index (χ3n) is 3.27. The summed E-state index contributed by atoms with van der Waals surface area (Å²) in [7, 11) is 0. The van der Waals surface area contributed by atoms with Crippen LogP contribution in [0.2, 0.25) is 0 Å². The highest BCUT2D eigenvalue weighted by atomic mass is 32.2. The molecule has 0 atom stereocenters.